The largest absolute Gasteiger partial charge is 0.550 e. The maximum Gasteiger partial charge on any atom is 0.224 e. The molecular formula is C14H16NO4-. The molecule has 2 aliphatic carbocycles. The molecule has 1 amide bonds. The van der Waals surface area contributed by atoms with E-state index in [1.54, 1.807) is 18.4 Å². The van der Waals surface area contributed by atoms with Gasteiger partial charge in [0.05, 0.1) is 12.8 Å². The van der Waals surface area contributed by atoms with Crippen LogP contribution in [0.2, 0.25) is 0 Å². The lowest BCUT2D eigenvalue weighted by atomic mass is 9.79. The summed E-state index contributed by atoms with van der Waals surface area (Å²) < 4.78 is 5.14. The molecule has 102 valence electrons. The Morgan fingerprint density at radius 1 is 1.32 bits per heavy atom. The Hall–Kier alpha value is -1.78. The summed E-state index contributed by atoms with van der Waals surface area (Å²) in [6.07, 6.45) is 4.25. The number of carboxylic acids is 1. The quantitative estimate of drug-likeness (QED) is 0.846. The maximum atomic E-state index is 12.2. The summed E-state index contributed by atoms with van der Waals surface area (Å²) in [7, 11) is 0. The third-order valence-corrected chi connectivity index (χ3v) is 4.51. The van der Waals surface area contributed by atoms with E-state index in [0.29, 0.717) is 12.3 Å². The average molecular weight is 262 g/mol. The first kappa shape index (κ1) is 12.3. The molecule has 0 unspecified atom stereocenters. The summed E-state index contributed by atoms with van der Waals surface area (Å²) in [4.78, 5) is 23.4. The number of aliphatic carboxylic acids is 1. The van der Waals surface area contributed by atoms with Crippen LogP contribution in [0, 0.1) is 23.7 Å². The van der Waals surface area contributed by atoms with E-state index in [2.05, 4.69) is 5.32 Å². The second-order valence-corrected chi connectivity index (χ2v) is 5.50. The highest BCUT2D eigenvalue weighted by Crippen LogP contribution is 2.52. The second-order valence-electron chi connectivity index (χ2n) is 5.50. The van der Waals surface area contributed by atoms with Crippen molar-refractivity contribution < 1.29 is 19.1 Å². The lowest BCUT2D eigenvalue weighted by molar-refractivity contribution is -0.314. The first-order valence-electron chi connectivity index (χ1n) is 6.67. The fraction of sp³-hybridized carbons (Fsp3) is 0.571. The Bertz CT molecular complexity index is 482. The van der Waals surface area contributed by atoms with E-state index in [4.69, 9.17) is 4.42 Å². The fourth-order valence-electron chi connectivity index (χ4n) is 3.71. The van der Waals surface area contributed by atoms with E-state index in [9.17, 15) is 14.7 Å². The molecule has 1 heterocycles. The van der Waals surface area contributed by atoms with Crippen LogP contribution in [-0.2, 0) is 16.1 Å². The molecule has 4 atom stereocenters. The minimum absolute atomic E-state index is 0.120. The number of hydrogen-bond donors (Lipinski definition) is 1. The van der Waals surface area contributed by atoms with Gasteiger partial charge in [-0.25, -0.2) is 0 Å². The SMILES string of the molecule is O=C(NCc1ccco1)[C@@H]1[C@@H]2CC[C@@H](C2)[C@@H]1C(=O)[O-]. The number of fused-ring (bicyclic) bond motifs is 2. The Kier molecular flexibility index (Phi) is 3.05. The Morgan fingerprint density at radius 2 is 2.05 bits per heavy atom. The third kappa shape index (κ3) is 2.13. The van der Waals surface area contributed by atoms with Crippen molar-refractivity contribution in [2.45, 2.75) is 25.8 Å². The van der Waals surface area contributed by atoms with Gasteiger partial charge in [0.15, 0.2) is 0 Å². The number of nitrogens with one attached hydrogen (secondary N) is 1. The van der Waals surface area contributed by atoms with Crippen molar-refractivity contribution in [2.24, 2.45) is 23.7 Å². The van der Waals surface area contributed by atoms with Gasteiger partial charge in [-0.2, -0.15) is 0 Å². The van der Waals surface area contributed by atoms with Crippen LogP contribution in [0.25, 0.3) is 0 Å². The molecule has 0 radical (unpaired) electrons. The normalized spacial score (nSPS) is 32.4. The molecule has 0 aliphatic heterocycles. The number of carbonyl (C=O) groups is 2. The van der Waals surface area contributed by atoms with Crippen LogP contribution >= 0.6 is 0 Å². The zero-order valence-electron chi connectivity index (χ0n) is 10.5. The number of rotatable bonds is 4. The summed E-state index contributed by atoms with van der Waals surface area (Å²) in [5.41, 5.74) is 0. The number of carboxylic acid groups (broad SMARTS) is 1. The Balaban J connectivity index is 1.66. The predicted molar refractivity (Wildman–Crippen MR) is 63.4 cm³/mol. The van der Waals surface area contributed by atoms with Crippen molar-refractivity contribution in [1.82, 2.24) is 5.32 Å². The van der Waals surface area contributed by atoms with Crippen molar-refractivity contribution in [1.29, 1.82) is 0 Å². The smallest absolute Gasteiger partial charge is 0.224 e. The lowest BCUT2D eigenvalue weighted by Crippen LogP contribution is -2.45. The first-order chi connectivity index (χ1) is 9.16. The molecule has 0 spiro atoms. The van der Waals surface area contributed by atoms with Gasteiger partial charge in [0.25, 0.3) is 0 Å². The summed E-state index contributed by atoms with van der Waals surface area (Å²) in [5, 5.41) is 14.0. The molecule has 3 rings (SSSR count). The van der Waals surface area contributed by atoms with Crippen LogP contribution in [0.15, 0.2) is 22.8 Å². The van der Waals surface area contributed by atoms with E-state index in [1.165, 1.54) is 0 Å². The van der Waals surface area contributed by atoms with Gasteiger partial charge in [-0.3, -0.25) is 4.79 Å². The molecule has 2 saturated carbocycles. The van der Waals surface area contributed by atoms with Gasteiger partial charge in [-0.05, 0) is 43.2 Å². The second kappa shape index (κ2) is 4.72. The van der Waals surface area contributed by atoms with Crippen LogP contribution in [0.1, 0.15) is 25.0 Å². The molecule has 1 N–H and O–H groups in total. The van der Waals surface area contributed by atoms with Gasteiger partial charge >= 0.3 is 0 Å². The molecule has 2 aliphatic rings. The Labute approximate surface area is 111 Å². The highest BCUT2D eigenvalue weighted by Gasteiger charge is 2.51. The van der Waals surface area contributed by atoms with Crippen molar-refractivity contribution in [3.8, 4) is 0 Å². The van der Waals surface area contributed by atoms with E-state index in [1.807, 2.05) is 0 Å². The lowest BCUT2D eigenvalue weighted by Gasteiger charge is -2.30. The van der Waals surface area contributed by atoms with Crippen LogP contribution < -0.4 is 10.4 Å². The molecule has 5 nitrogen and oxygen atoms in total. The summed E-state index contributed by atoms with van der Waals surface area (Å²) in [5.74, 6) is -1.32. The number of carbonyl (C=O) groups excluding carboxylic acids is 2. The van der Waals surface area contributed by atoms with Crippen LogP contribution in [0.4, 0.5) is 0 Å². The molecule has 2 fully saturated rings. The van der Waals surface area contributed by atoms with Crippen molar-refractivity contribution in [3.05, 3.63) is 24.2 Å². The third-order valence-electron chi connectivity index (χ3n) is 4.51. The molecule has 1 aromatic rings. The molecular weight excluding hydrogens is 246 g/mol. The van der Waals surface area contributed by atoms with E-state index in [-0.39, 0.29) is 17.7 Å². The number of furan rings is 1. The van der Waals surface area contributed by atoms with Gasteiger partial charge < -0.3 is 19.6 Å². The fourth-order valence-corrected chi connectivity index (χ4v) is 3.71. The van der Waals surface area contributed by atoms with E-state index >= 15 is 0 Å². The maximum absolute atomic E-state index is 12.2. The van der Waals surface area contributed by atoms with Gasteiger partial charge in [-0.1, -0.05) is 0 Å². The Morgan fingerprint density at radius 3 is 2.68 bits per heavy atom. The van der Waals surface area contributed by atoms with Crippen molar-refractivity contribution >= 4 is 11.9 Å². The highest BCUT2D eigenvalue weighted by molar-refractivity contribution is 5.85. The summed E-state index contributed by atoms with van der Waals surface area (Å²) >= 11 is 0. The van der Waals surface area contributed by atoms with Crippen LogP contribution in [-0.4, -0.2) is 11.9 Å². The minimum atomic E-state index is -1.08. The van der Waals surface area contributed by atoms with Crippen LogP contribution in [0.5, 0.6) is 0 Å². The van der Waals surface area contributed by atoms with E-state index < -0.39 is 17.8 Å². The average Bonchev–Trinajstić information content (AvgIpc) is 3.10. The zero-order chi connectivity index (χ0) is 13.4. The van der Waals surface area contributed by atoms with Crippen molar-refractivity contribution in [3.63, 3.8) is 0 Å². The van der Waals surface area contributed by atoms with Gasteiger partial charge in [-0.15, -0.1) is 0 Å². The molecule has 0 saturated heterocycles. The van der Waals surface area contributed by atoms with Crippen molar-refractivity contribution in [2.75, 3.05) is 0 Å². The molecule has 19 heavy (non-hydrogen) atoms. The molecule has 0 aromatic carbocycles. The number of hydrogen-bond acceptors (Lipinski definition) is 4. The van der Waals surface area contributed by atoms with Gasteiger partial charge in [0, 0.05) is 17.8 Å². The zero-order valence-corrected chi connectivity index (χ0v) is 10.5. The topological polar surface area (TPSA) is 82.4 Å². The molecule has 5 heteroatoms. The predicted octanol–water partition coefficient (Wildman–Crippen LogP) is 0.308. The molecule has 1 aromatic heterocycles. The van der Waals surface area contributed by atoms with Crippen LogP contribution in [0.3, 0.4) is 0 Å². The van der Waals surface area contributed by atoms with E-state index in [0.717, 1.165) is 19.3 Å². The monoisotopic (exact) mass is 262 g/mol. The number of amides is 1. The molecule has 2 bridgehead atoms. The minimum Gasteiger partial charge on any atom is -0.550 e. The first-order valence-corrected chi connectivity index (χ1v) is 6.67. The summed E-state index contributed by atoms with van der Waals surface area (Å²) in [6.45, 7) is 0.305. The standard InChI is InChI=1S/C14H17NO4/c16-13(15-7-10-2-1-5-19-10)11-8-3-4-9(6-8)12(11)14(17)18/h1-2,5,8-9,11-12H,3-4,6-7H2,(H,15,16)(H,17,18)/p-1/t8-,9+,11-,12+/m1/s1. The summed E-state index contributed by atoms with van der Waals surface area (Å²) in [6, 6.07) is 3.53. The highest BCUT2D eigenvalue weighted by atomic mass is 16.4. The van der Waals surface area contributed by atoms with Gasteiger partial charge in [0.2, 0.25) is 5.91 Å². The van der Waals surface area contributed by atoms with Gasteiger partial charge in [0.1, 0.15) is 5.76 Å².